The van der Waals surface area contributed by atoms with Crippen molar-refractivity contribution in [2.75, 3.05) is 19.8 Å². The summed E-state index contributed by atoms with van der Waals surface area (Å²) in [5.41, 5.74) is -2.93. The highest BCUT2D eigenvalue weighted by molar-refractivity contribution is 5.89. The van der Waals surface area contributed by atoms with Crippen molar-refractivity contribution >= 4 is 5.78 Å². The van der Waals surface area contributed by atoms with Crippen molar-refractivity contribution in [3.8, 4) is 0 Å². The number of aliphatic hydroxyl groups is 8. The fourth-order valence-electron chi connectivity index (χ4n) is 2.27. The Hall–Kier alpha value is -0.690. The second-order valence-corrected chi connectivity index (χ2v) is 4.85. The van der Waals surface area contributed by atoms with Gasteiger partial charge in [0.25, 0.3) is 0 Å². The number of hydrogen-bond donors (Lipinski definition) is 8. The molecule has 7 atom stereocenters. The maximum Gasteiger partial charge on any atom is 0.195 e. The summed E-state index contributed by atoms with van der Waals surface area (Å²) in [4.78, 5) is 11.7. The molecule has 21 heavy (non-hydrogen) atoms. The maximum atomic E-state index is 11.7. The van der Waals surface area contributed by atoms with Crippen LogP contribution < -0.4 is 0 Å². The summed E-state index contributed by atoms with van der Waals surface area (Å²) in [6, 6.07) is 0. The number of rotatable bonds is 6. The molecule has 0 bridgehead atoms. The molecule has 0 spiro atoms. The Kier molecular flexibility index (Phi) is 6.16. The molecule has 0 radical (unpaired) electrons. The van der Waals surface area contributed by atoms with Gasteiger partial charge in [-0.2, -0.15) is 0 Å². The average Bonchev–Trinajstić information content (AvgIpc) is 2.50. The number of hydrogen-bond acceptors (Lipinski definition) is 10. The topological polar surface area (TPSA) is 188 Å². The molecule has 124 valence electrons. The van der Waals surface area contributed by atoms with Crippen molar-refractivity contribution in [2.24, 2.45) is 0 Å². The minimum atomic E-state index is -2.93. The molecule has 10 heteroatoms. The van der Waals surface area contributed by atoms with Crippen LogP contribution in [0.3, 0.4) is 0 Å². The van der Waals surface area contributed by atoms with Crippen LogP contribution in [0, 0.1) is 0 Å². The molecule has 1 saturated heterocycles. The van der Waals surface area contributed by atoms with Gasteiger partial charge < -0.3 is 45.6 Å². The zero-order valence-corrected chi connectivity index (χ0v) is 11.0. The molecular formula is C11H20O10. The van der Waals surface area contributed by atoms with E-state index < -0.39 is 67.8 Å². The molecule has 0 aromatic heterocycles. The van der Waals surface area contributed by atoms with Gasteiger partial charge >= 0.3 is 0 Å². The summed E-state index contributed by atoms with van der Waals surface area (Å²) in [7, 11) is 0. The largest absolute Gasteiger partial charge is 0.394 e. The van der Waals surface area contributed by atoms with Gasteiger partial charge in [-0.05, 0) is 0 Å². The predicted molar refractivity (Wildman–Crippen MR) is 63.9 cm³/mol. The fourth-order valence-corrected chi connectivity index (χ4v) is 2.27. The molecule has 0 aromatic rings. The molecule has 1 rings (SSSR count). The number of aliphatic hydroxyl groups excluding tert-OH is 7. The Morgan fingerprint density at radius 2 is 1.67 bits per heavy atom. The Balaban J connectivity index is 3.20. The van der Waals surface area contributed by atoms with Gasteiger partial charge in [-0.3, -0.25) is 4.79 Å². The van der Waals surface area contributed by atoms with E-state index in [0.29, 0.717) is 0 Å². The average molecular weight is 312 g/mol. The molecular weight excluding hydrogens is 292 g/mol. The summed E-state index contributed by atoms with van der Waals surface area (Å²) in [5, 5.41) is 75.8. The van der Waals surface area contributed by atoms with Crippen LogP contribution in [0.4, 0.5) is 0 Å². The van der Waals surface area contributed by atoms with Crippen LogP contribution in [0.15, 0.2) is 0 Å². The van der Waals surface area contributed by atoms with E-state index in [-0.39, 0.29) is 0 Å². The van der Waals surface area contributed by atoms with E-state index in [2.05, 4.69) is 0 Å². The van der Waals surface area contributed by atoms with Crippen molar-refractivity contribution < 1.29 is 50.4 Å². The lowest BCUT2D eigenvalue weighted by atomic mass is 9.79. The third kappa shape index (κ3) is 3.08. The highest BCUT2D eigenvalue weighted by Gasteiger charge is 2.58. The molecule has 0 saturated carbocycles. The van der Waals surface area contributed by atoms with E-state index in [1.54, 1.807) is 0 Å². The number of Topliss-reactive ketones (excluding diaryl/α,β-unsaturated/α-hetero) is 1. The maximum absolute atomic E-state index is 11.7. The van der Waals surface area contributed by atoms with Gasteiger partial charge in [0, 0.05) is 0 Å². The first kappa shape index (κ1) is 18.4. The minimum Gasteiger partial charge on any atom is -0.394 e. The van der Waals surface area contributed by atoms with E-state index >= 15 is 0 Å². The molecule has 10 nitrogen and oxygen atoms in total. The molecule has 1 aliphatic heterocycles. The van der Waals surface area contributed by atoms with Crippen LogP contribution in [0.2, 0.25) is 0 Å². The normalized spacial score (nSPS) is 37.8. The van der Waals surface area contributed by atoms with Gasteiger partial charge in [0.15, 0.2) is 11.4 Å². The second kappa shape index (κ2) is 7.05. The van der Waals surface area contributed by atoms with Crippen LogP contribution in [-0.2, 0) is 9.53 Å². The first-order valence-corrected chi connectivity index (χ1v) is 6.21. The quantitative estimate of drug-likeness (QED) is 0.235. The van der Waals surface area contributed by atoms with Gasteiger partial charge in [0.2, 0.25) is 0 Å². The highest BCUT2D eigenvalue weighted by atomic mass is 16.6. The third-order valence-electron chi connectivity index (χ3n) is 3.60. The van der Waals surface area contributed by atoms with E-state index in [4.69, 9.17) is 20.1 Å². The van der Waals surface area contributed by atoms with E-state index in [0.717, 1.165) is 0 Å². The molecule has 0 aliphatic carbocycles. The molecule has 1 heterocycles. The Bertz CT molecular complexity index is 361. The smallest absolute Gasteiger partial charge is 0.195 e. The first-order valence-electron chi connectivity index (χ1n) is 6.21. The molecule has 1 aliphatic rings. The lowest BCUT2D eigenvalue weighted by Crippen LogP contribution is -2.71. The summed E-state index contributed by atoms with van der Waals surface area (Å²) in [6.07, 6.45) is -11.1. The zero-order valence-electron chi connectivity index (χ0n) is 11.0. The summed E-state index contributed by atoms with van der Waals surface area (Å²) < 4.78 is 4.98. The van der Waals surface area contributed by atoms with Crippen molar-refractivity contribution in [1.82, 2.24) is 0 Å². The Morgan fingerprint density at radius 1 is 1.10 bits per heavy atom. The molecule has 1 fully saturated rings. The first-order chi connectivity index (χ1) is 9.75. The summed E-state index contributed by atoms with van der Waals surface area (Å²) in [6.45, 7) is -3.14. The SMILES string of the molecule is O=C(CO)[C@](O)(C1O[C@H](CO)[C@H](O)[C@H](O)[C@H]1O)[C@H](O)CO. The number of ether oxygens (including phenoxy) is 1. The third-order valence-corrected chi connectivity index (χ3v) is 3.60. The zero-order chi connectivity index (χ0) is 16.4. The monoisotopic (exact) mass is 312 g/mol. The van der Waals surface area contributed by atoms with Crippen molar-refractivity contribution in [2.45, 2.75) is 42.2 Å². The lowest BCUT2D eigenvalue weighted by Gasteiger charge is -2.47. The summed E-state index contributed by atoms with van der Waals surface area (Å²) >= 11 is 0. The Labute approximate surface area is 119 Å². The Morgan fingerprint density at radius 3 is 2.10 bits per heavy atom. The van der Waals surface area contributed by atoms with Crippen LogP contribution >= 0.6 is 0 Å². The second-order valence-electron chi connectivity index (χ2n) is 4.85. The molecule has 8 N–H and O–H groups in total. The van der Waals surface area contributed by atoms with Gasteiger partial charge in [-0.15, -0.1) is 0 Å². The number of ketones is 1. The van der Waals surface area contributed by atoms with Crippen molar-refractivity contribution in [3.63, 3.8) is 0 Å². The van der Waals surface area contributed by atoms with Gasteiger partial charge in [0.1, 0.15) is 43.2 Å². The van der Waals surface area contributed by atoms with E-state index in [1.165, 1.54) is 0 Å². The van der Waals surface area contributed by atoms with E-state index in [9.17, 15) is 30.3 Å². The standard InChI is InChI=1S/C11H20O10/c12-1-4-7(17)8(18)9(19)10(21-4)11(20,5(15)2-13)6(16)3-14/h4-5,7-10,12-15,17-20H,1-3H2/t4-,5-,7+,8+,9-,10?,11+/m1/s1. The van der Waals surface area contributed by atoms with Crippen LogP contribution in [0.25, 0.3) is 0 Å². The van der Waals surface area contributed by atoms with Gasteiger partial charge in [-0.1, -0.05) is 0 Å². The van der Waals surface area contributed by atoms with E-state index in [1.807, 2.05) is 0 Å². The summed E-state index contributed by atoms with van der Waals surface area (Å²) in [5.74, 6) is -1.37. The molecule has 0 amide bonds. The predicted octanol–water partition coefficient (Wildman–Crippen LogP) is -5.53. The molecule has 1 unspecified atom stereocenters. The number of carbonyl (C=O) groups excluding carboxylic acids is 1. The van der Waals surface area contributed by atoms with Crippen molar-refractivity contribution in [1.29, 1.82) is 0 Å². The van der Waals surface area contributed by atoms with Crippen molar-refractivity contribution in [3.05, 3.63) is 0 Å². The van der Waals surface area contributed by atoms with Gasteiger partial charge in [0.05, 0.1) is 13.2 Å². The number of carbonyl (C=O) groups is 1. The van der Waals surface area contributed by atoms with Crippen LogP contribution in [0.1, 0.15) is 0 Å². The molecule has 0 aromatic carbocycles. The van der Waals surface area contributed by atoms with Crippen LogP contribution in [-0.4, -0.2) is 109 Å². The van der Waals surface area contributed by atoms with Crippen LogP contribution in [0.5, 0.6) is 0 Å². The minimum absolute atomic E-state index is 0.805. The fraction of sp³-hybridized carbons (Fsp3) is 0.909. The van der Waals surface area contributed by atoms with Gasteiger partial charge in [-0.25, -0.2) is 0 Å². The highest BCUT2D eigenvalue weighted by Crippen LogP contribution is 2.31. The lowest BCUT2D eigenvalue weighted by molar-refractivity contribution is -0.280.